The predicted molar refractivity (Wildman–Crippen MR) is 82.8 cm³/mol. The molecule has 0 amide bonds. The van der Waals surface area contributed by atoms with Crippen LogP contribution in [0.1, 0.15) is 18.1 Å². The van der Waals surface area contributed by atoms with Gasteiger partial charge in [0.1, 0.15) is 17.1 Å². The number of halogens is 1. The van der Waals surface area contributed by atoms with Crippen molar-refractivity contribution in [2.75, 3.05) is 7.11 Å². The van der Waals surface area contributed by atoms with Crippen LogP contribution >= 0.6 is 11.6 Å². The zero-order chi connectivity index (χ0) is 14.8. The molecule has 0 aliphatic carbocycles. The van der Waals surface area contributed by atoms with Gasteiger partial charge in [0.2, 0.25) is 0 Å². The average molecular weight is 305 g/mol. The molecular weight excluding hydrogens is 288 g/mol. The fourth-order valence-corrected chi connectivity index (χ4v) is 2.64. The van der Waals surface area contributed by atoms with Crippen molar-refractivity contribution in [2.24, 2.45) is 0 Å². The Kier molecular flexibility index (Phi) is 3.84. The quantitative estimate of drug-likeness (QED) is 0.680. The Morgan fingerprint density at radius 1 is 1.33 bits per heavy atom. The summed E-state index contributed by atoms with van der Waals surface area (Å²) >= 11 is 6.29. The Labute approximate surface area is 128 Å². The maximum atomic E-state index is 6.29. The van der Waals surface area contributed by atoms with Crippen LogP contribution in [0.4, 0.5) is 0 Å². The summed E-state index contributed by atoms with van der Waals surface area (Å²) in [6, 6.07) is 5.93. The van der Waals surface area contributed by atoms with Gasteiger partial charge in [-0.3, -0.25) is 0 Å². The van der Waals surface area contributed by atoms with E-state index in [1.54, 1.807) is 13.3 Å². The third kappa shape index (κ3) is 2.61. The lowest BCUT2D eigenvalue weighted by Crippen LogP contribution is -2.09. The number of hydrogen-bond donors (Lipinski definition) is 0. The maximum absolute atomic E-state index is 6.29. The van der Waals surface area contributed by atoms with Gasteiger partial charge in [0.05, 0.1) is 24.3 Å². The van der Waals surface area contributed by atoms with Crippen molar-refractivity contribution in [1.29, 1.82) is 0 Å². The molecule has 1 atom stereocenters. The average Bonchev–Trinajstić information content (AvgIpc) is 3.11. The molecule has 3 rings (SSSR count). The van der Waals surface area contributed by atoms with Gasteiger partial charge in [-0.2, -0.15) is 0 Å². The zero-order valence-corrected chi connectivity index (χ0v) is 12.8. The number of fused-ring (bicyclic) bond motifs is 1. The molecule has 0 aliphatic rings. The minimum atomic E-state index is -0.162. The first-order chi connectivity index (χ1) is 10.2. The number of aryl methyl sites for hydroxylation is 2. The summed E-state index contributed by atoms with van der Waals surface area (Å²) < 4.78 is 9.58. The van der Waals surface area contributed by atoms with Crippen LogP contribution in [0.15, 0.2) is 36.9 Å². The Balaban J connectivity index is 2.03. The van der Waals surface area contributed by atoms with E-state index in [-0.39, 0.29) is 5.38 Å². The molecule has 1 aromatic carbocycles. The number of ether oxygens (including phenoxy) is 1. The van der Waals surface area contributed by atoms with E-state index in [0.717, 1.165) is 35.7 Å². The van der Waals surface area contributed by atoms with Crippen LogP contribution in [0.5, 0.6) is 5.75 Å². The van der Waals surface area contributed by atoms with Gasteiger partial charge < -0.3 is 13.9 Å². The minimum absolute atomic E-state index is 0.162. The van der Waals surface area contributed by atoms with Crippen molar-refractivity contribution in [1.82, 2.24) is 19.1 Å². The summed E-state index contributed by atoms with van der Waals surface area (Å²) in [4.78, 5) is 8.73. The monoisotopic (exact) mass is 304 g/mol. The summed E-state index contributed by atoms with van der Waals surface area (Å²) in [5.41, 5.74) is 1.89. The smallest absolute Gasteiger partial charge is 0.146 e. The minimum Gasteiger partial charge on any atom is -0.494 e. The first kappa shape index (κ1) is 13.9. The molecular formula is C15H17ClN4O. The van der Waals surface area contributed by atoms with Crippen LogP contribution in [-0.2, 0) is 13.1 Å². The van der Waals surface area contributed by atoms with Gasteiger partial charge in [0.15, 0.2) is 0 Å². The van der Waals surface area contributed by atoms with Crippen molar-refractivity contribution < 1.29 is 4.74 Å². The lowest BCUT2D eigenvalue weighted by molar-refractivity contribution is 0.419. The lowest BCUT2D eigenvalue weighted by atomic mass is 10.3. The summed E-state index contributed by atoms with van der Waals surface area (Å²) in [6.07, 6.45) is 5.53. The number of hydrogen-bond acceptors (Lipinski definition) is 3. The van der Waals surface area contributed by atoms with Gasteiger partial charge in [-0.05, 0) is 19.1 Å². The maximum Gasteiger partial charge on any atom is 0.146 e. The standard InChI is InChI=1S/C15H17ClN4O/c1-11(16)15-18-14-12(4-3-5-13(14)21-2)20(15)9-8-19-7-6-17-10-19/h3-7,10-11H,8-9H2,1-2H3. The van der Waals surface area contributed by atoms with Crippen LogP contribution in [-0.4, -0.2) is 26.2 Å². The van der Waals surface area contributed by atoms with Crippen molar-refractivity contribution >= 4 is 22.6 Å². The van der Waals surface area contributed by atoms with Crippen molar-refractivity contribution in [3.8, 4) is 5.75 Å². The van der Waals surface area contributed by atoms with E-state index in [1.807, 2.05) is 42.2 Å². The molecule has 0 saturated carbocycles. The van der Waals surface area contributed by atoms with Crippen molar-refractivity contribution in [3.05, 3.63) is 42.7 Å². The molecule has 1 unspecified atom stereocenters. The van der Waals surface area contributed by atoms with Gasteiger partial charge in [0.25, 0.3) is 0 Å². The second-order valence-electron chi connectivity index (χ2n) is 4.87. The van der Waals surface area contributed by atoms with Gasteiger partial charge in [-0.25, -0.2) is 9.97 Å². The highest BCUT2D eigenvalue weighted by Gasteiger charge is 2.17. The van der Waals surface area contributed by atoms with Crippen LogP contribution in [0.3, 0.4) is 0 Å². The molecule has 3 aromatic rings. The Bertz CT molecular complexity index is 734. The molecule has 0 N–H and O–H groups in total. The number of benzene rings is 1. The summed E-state index contributed by atoms with van der Waals surface area (Å²) in [5.74, 6) is 1.63. The van der Waals surface area contributed by atoms with Gasteiger partial charge in [0, 0.05) is 25.5 Å². The summed E-state index contributed by atoms with van der Waals surface area (Å²) in [7, 11) is 1.66. The molecule has 2 aromatic heterocycles. The number of nitrogens with zero attached hydrogens (tertiary/aromatic N) is 4. The molecule has 21 heavy (non-hydrogen) atoms. The molecule has 0 radical (unpaired) electrons. The predicted octanol–water partition coefficient (Wildman–Crippen LogP) is 3.24. The normalized spacial score (nSPS) is 12.7. The van der Waals surface area contributed by atoms with E-state index < -0.39 is 0 Å². The highest BCUT2D eigenvalue weighted by atomic mass is 35.5. The number of aromatic nitrogens is 4. The zero-order valence-electron chi connectivity index (χ0n) is 12.0. The first-order valence-corrected chi connectivity index (χ1v) is 7.27. The van der Waals surface area contributed by atoms with Gasteiger partial charge in [-0.15, -0.1) is 11.6 Å². The second-order valence-corrected chi connectivity index (χ2v) is 5.52. The van der Waals surface area contributed by atoms with Gasteiger partial charge in [-0.1, -0.05) is 6.07 Å². The highest BCUT2D eigenvalue weighted by Crippen LogP contribution is 2.30. The number of alkyl halides is 1. The number of rotatable bonds is 5. The van der Waals surface area contributed by atoms with Gasteiger partial charge >= 0.3 is 0 Å². The van der Waals surface area contributed by atoms with E-state index >= 15 is 0 Å². The molecule has 0 fully saturated rings. The molecule has 0 aliphatic heterocycles. The third-order valence-electron chi connectivity index (χ3n) is 3.49. The first-order valence-electron chi connectivity index (χ1n) is 6.83. The van der Waals surface area contributed by atoms with Crippen molar-refractivity contribution in [3.63, 3.8) is 0 Å². The largest absolute Gasteiger partial charge is 0.494 e. The highest BCUT2D eigenvalue weighted by molar-refractivity contribution is 6.20. The van der Waals surface area contributed by atoms with E-state index in [1.165, 1.54) is 0 Å². The molecule has 0 saturated heterocycles. The van der Waals surface area contributed by atoms with E-state index in [9.17, 15) is 0 Å². The van der Waals surface area contributed by atoms with Crippen LogP contribution in [0.2, 0.25) is 0 Å². The van der Waals surface area contributed by atoms with Crippen LogP contribution in [0, 0.1) is 0 Å². The SMILES string of the molecule is COc1cccc2c1nc(C(C)Cl)n2CCn1ccnc1. The number of methoxy groups -OCH3 is 1. The third-order valence-corrected chi connectivity index (χ3v) is 3.68. The lowest BCUT2D eigenvalue weighted by Gasteiger charge is -2.11. The summed E-state index contributed by atoms with van der Waals surface area (Å²) in [5, 5.41) is -0.162. The van der Waals surface area contributed by atoms with Crippen molar-refractivity contribution in [2.45, 2.75) is 25.4 Å². The van der Waals surface area contributed by atoms with E-state index in [0.29, 0.717) is 0 Å². The number of imidazole rings is 2. The molecule has 6 heteroatoms. The van der Waals surface area contributed by atoms with E-state index in [4.69, 9.17) is 16.3 Å². The fourth-order valence-electron chi connectivity index (χ4n) is 2.48. The van der Waals surface area contributed by atoms with Crippen LogP contribution in [0.25, 0.3) is 11.0 Å². The van der Waals surface area contributed by atoms with Crippen LogP contribution < -0.4 is 4.74 Å². The Morgan fingerprint density at radius 2 is 2.19 bits per heavy atom. The number of para-hydroxylation sites is 1. The Hall–Kier alpha value is -2.01. The molecule has 110 valence electrons. The summed E-state index contributed by atoms with van der Waals surface area (Å²) in [6.45, 7) is 3.54. The molecule has 2 heterocycles. The Morgan fingerprint density at radius 3 is 2.86 bits per heavy atom. The molecule has 0 spiro atoms. The molecule has 0 bridgehead atoms. The fraction of sp³-hybridized carbons (Fsp3) is 0.333. The van der Waals surface area contributed by atoms with E-state index in [2.05, 4.69) is 14.5 Å². The topological polar surface area (TPSA) is 44.9 Å². The second kappa shape index (κ2) is 5.77. The molecule has 5 nitrogen and oxygen atoms in total.